The zero-order chi connectivity index (χ0) is 24.2. The van der Waals surface area contributed by atoms with Crippen LogP contribution < -0.4 is 9.86 Å². The molecule has 0 unspecified atom stereocenters. The fourth-order valence-electron chi connectivity index (χ4n) is 3.00. The number of halogens is 2. The fraction of sp³-hybridized carbons (Fsp3) is 0.0909. The molecule has 0 radical (unpaired) electrons. The van der Waals surface area contributed by atoms with E-state index < -0.39 is 16.2 Å². The van der Waals surface area contributed by atoms with Crippen molar-refractivity contribution in [3.63, 3.8) is 0 Å². The molecule has 0 aliphatic carbocycles. The molecule has 3 aromatic carbocycles. The Balaban J connectivity index is 0.000000196. The van der Waals surface area contributed by atoms with E-state index in [1.165, 1.54) is 24.4 Å². The average molecular weight is 491 g/mol. The lowest BCUT2D eigenvalue weighted by atomic mass is 10.1. The maximum atomic E-state index is 12.9. The molecule has 1 heterocycles. The maximum Gasteiger partial charge on any atom is 0.336 e. The van der Waals surface area contributed by atoms with Gasteiger partial charge in [0.15, 0.2) is 0 Å². The van der Waals surface area contributed by atoms with Crippen LogP contribution in [0.1, 0.15) is 21.5 Å². The third-order valence-electron chi connectivity index (χ3n) is 4.59. The lowest BCUT2D eigenvalue weighted by Gasteiger charge is -2.05. The minimum absolute atomic E-state index is 0.109. The number of aryl methyl sites for hydroxylation is 1. The number of hydrogen-bond acceptors (Lipinski definition) is 4. The highest BCUT2D eigenvalue weighted by Gasteiger charge is 2.12. The number of nitrogens with one attached hydrogen (secondary N) is 1. The Kier molecular flexibility index (Phi) is 7.44. The van der Waals surface area contributed by atoms with Crippen molar-refractivity contribution < 1.29 is 22.7 Å². The zero-order valence-electron chi connectivity index (χ0n) is 17.4. The average Bonchev–Trinajstić information content (AvgIpc) is 3.17. The molecule has 0 aliphatic heterocycles. The summed E-state index contributed by atoms with van der Waals surface area (Å²) >= 11 is 5.88. The minimum Gasteiger partial charge on any atom is -0.478 e. The molecule has 0 fully saturated rings. The van der Waals surface area contributed by atoms with Crippen molar-refractivity contribution in [2.24, 2.45) is 5.14 Å². The molecule has 4 rings (SSSR count). The number of carboxylic acid groups (broad SMARTS) is 1. The van der Waals surface area contributed by atoms with E-state index in [2.05, 4.69) is 9.82 Å². The fourth-order valence-corrected chi connectivity index (χ4v) is 3.66. The Bertz CT molecular complexity index is 1410. The van der Waals surface area contributed by atoms with E-state index in [0.717, 1.165) is 5.56 Å². The summed E-state index contributed by atoms with van der Waals surface area (Å²) in [6.07, 6.45) is 1.50. The second kappa shape index (κ2) is 10.1. The van der Waals surface area contributed by atoms with E-state index in [-0.39, 0.29) is 17.9 Å². The monoisotopic (exact) mass is 490 g/mol. The van der Waals surface area contributed by atoms with Gasteiger partial charge in [-0.1, -0.05) is 29.8 Å². The topological polar surface area (TPSA) is 127 Å². The Labute approximate surface area is 194 Å². The molecule has 4 aromatic rings. The van der Waals surface area contributed by atoms with Crippen molar-refractivity contribution in [3.8, 4) is 5.69 Å². The summed E-state index contributed by atoms with van der Waals surface area (Å²) in [5.74, 6) is -1.32. The molecule has 0 atom stereocenters. The minimum atomic E-state index is -3.66. The van der Waals surface area contributed by atoms with E-state index in [9.17, 15) is 17.6 Å². The number of carbonyl (C=O) groups is 1. The predicted octanol–water partition coefficient (Wildman–Crippen LogP) is 3.80. The highest BCUT2D eigenvalue weighted by atomic mass is 35.5. The SMILES string of the molecule is Cc1ccc(CNS(N)(=O)=O)c(Cl)c1.O=C(O)c1cccc2c1cnn2-c1ccc(F)cc1. The van der Waals surface area contributed by atoms with Crippen LogP contribution in [0.2, 0.25) is 5.02 Å². The number of nitrogens with zero attached hydrogens (tertiary/aromatic N) is 2. The second-order valence-corrected chi connectivity index (χ2v) is 8.82. The van der Waals surface area contributed by atoms with Gasteiger partial charge in [0.05, 0.1) is 23.0 Å². The second-order valence-electron chi connectivity index (χ2n) is 7.04. The third kappa shape index (κ3) is 6.36. The van der Waals surface area contributed by atoms with E-state index in [4.69, 9.17) is 21.8 Å². The van der Waals surface area contributed by atoms with Crippen molar-refractivity contribution >= 4 is 38.7 Å². The number of aromatic carboxylic acids is 1. The van der Waals surface area contributed by atoms with Crippen LogP contribution in [0.15, 0.2) is 66.9 Å². The van der Waals surface area contributed by atoms with Crippen LogP contribution >= 0.6 is 11.6 Å². The first-order valence-corrected chi connectivity index (χ1v) is 11.5. The molecule has 33 heavy (non-hydrogen) atoms. The third-order valence-corrected chi connectivity index (χ3v) is 5.49. The van der Waals surface area contributed by atoms with Crippen molar-refractivity contribution in [2.75, 3.05) is 0 Å². The van der Waals surface area contributed by atoms with Gasteiger partial charge in [0.25, 0.3) is 10.2 Å². The highest BCUT2D eigenvalue weighted by Crippen LogP contribution is 2.22. The molecule has 4 N–H and O–H groups in total. The van der Waals surface area contributed by atoms with E-state index in [1.807, 2.05) is 13.0 Å². The normalized spacial score (nSPS) is 11.2. The lowest BCUT2D eigenvalue weighted by molar-refractivity contribution is 0.0699. The van der Waals surface area contributed by atoms with Crippen LogP contribution in [0, 0.1) is 12.7 Å². The van der Waals surface area contributed by atoms with Gasteiger partial charge >= 0.3 is 5.97 Å². The molecule has 8 nitrogen and oxygen atoms in total. The molecular weight excluding hydrogens is 471 g/mol. The lowest BCUT2D eigenvalue weighted by Crippen LogP contribution is -2.30. The van der Waals surface area contributed by atoms with Gasteiger partial charge < -0.3 is 5.11 Å². The molecule has 0 saturated heterocycles. The van der Waals surface area contributed by atoms with E-state index in [1.54, 1.807) is 41.1 Å². The van der Waals surface area contributed by atoms with Gasteiger partial charge in [0.2, 0.25) is 0 Å². The van der Waals surface area contributed by atoms with Crippen LogP contribution in [0.4, 0.5) is 4.39 Å². The first-order valence-electron chi connectivity index (χ1n) is 9.53. The number of rotatable bonds is 5. The molecule has 0 bridgehead atoms. The Morgan fingerprint density at radius 2 is 1.88 bits per heavy atom. The van der Waals surface area contributed by atoms with E-state index in [0.29, 0.717) is 27.2 Å². The summed E-state index contributed by atoms with van der Waals surface area (Å²) in [6, 6.07) is 16.2. The van der Waals surface area contributed by atoms with Gasteiger partial charge in [-0.15, -0.1) is 0 Å². The molecule has 0 amide bonds. The van der Waals surface area contributed by atoms with Gasteiger partial charge in [-0.25, -0.2) is 19.0 Å². The van der Waals surface area contributed by atoms with Gasteiger partial charge in [-0.05, 0) is 60.5 Å². The van der Waals surface area contributed by atoms with Crippen LogP contribution in [0.3, 0.4) is 0 Å². The molecule has 1 aromatic heterocycles. The standard InChI is InChI=1S/C14H9FN2O2.C8H11ClN2O2S/c15-9-4-6-10(7-5-9)17-13-3-1-2-11(14(18)19)12(13)8-16-17;1-6-2-3-7(8(9)4-6)5-11-14(10,12)13/h1-8H,(H,18,19);2-4,11H,5H2,1H3,(H2,10,12,13). The maximum absolute atomic E-state index is 12.9. The summed E-state index contributed by atoms with van der Waals surface area (Å²) < 4.78 is 37.9. The first kappa shape index (κ1) is 24.3. The van der Waals surface area contributed by atoms with Gasteiger partial charge in [-0.2, -0.15) is 18.2 Å². The number of carboxylic acids is 1. The van der Waals surface area contributed by atoms with Crippen molar-refractivity contribution in [1.82, 2.24) is 14.5 Å². The number of fused-ring (bicyclic) bond motifs is 1. The number of benzene rings is 3. The highest BCUT2D eigenvalue weighted by molar-refractivity contribution is 7.87. The quantitative estimate of drug-likeness (QED) is 0.392. The Morgan fingerprint density at radius 3 is 2.48 bits per heavy atom. The van der Waals surface area contributed by atoms with Crippen LogP contribution in [0.25, 0.3) is 16.6 Å². The van der Waals surface area contributed by atoms with Crippen LogP contribution in [-0.2, 0) is 16.8 Å². The number of aromatic nitrogens is 2. The Morgan fingerprint density at radius 1 is 1.18 bits per heavy atom. The van der Waals surface area contributed by atoms with Crippen molar-refractivity contribution in [2.45, 2.75) is 13.5 Å². The largest absolute Gasteiger partial charge is 0.478 e. The molecule has 0 spiro atoms. The summed E-state index contributed by atoms with van der Waals surface area (Å²) in [4.78, 5) is 11.1. The van der Waals surface area contributed by atoms with Crippen molar-refractivity contribution in [3.05, 3.63) is 94.4 Å². The smallest absolute Gasteiger partial charge is 0.336 e. The first-order chi connectivity index (χ1) is 15.5. The Hall–Kier alpha value is -3.31. The molecule has 172 valence electrons. The number of hydrogen-bond donors (Lipinski definition) is 3. The summed E-state index contributed by atoms with van der Waals surface area (Å²) in [5.41, 5.74) is 3.27. The number of nitrogens with two attached hydrogens (primary N) is 1. The summed E-state index contributed by atoms with van der Waals surface area (Å²) in [5, 5.41) is 19.1. The summed E-state index contributed by atoms with van der Waals surface area (Å²) in [6.45, 7) is 2.01. The molecule has 11 heteroatoms. The van der Waals surface area contributed by atoms with Crippen LogP contribution in [-0.4, -0.2) is 29.3 Å². The van der Waals surface area contributed by atoms with Crippen LogP contribution in [0.5, 0.6) is 0 Å². The molecule has 0 aliphatic rings. The van der Waals surface area contributed by atoms with Gasteiger partial charge in [0, 0.05) is 17.0 Å². The van der Waals surface area contributed by atoms with Crippen molar-refractivity contribution in [1.29, 1.82) is 0 Å². The predicted molar refractivity (Wildman–Crippen MR) is 124 cm³/mol. The molecular formula is C22H20ClFN4O4S. The van der Waals surface area contributed by atoms with E-state index >= 15 is 0 Å². The summed E-state index contributed by atoms with van der Waals surface area (Å²) in [7, 11) is -3.66. The van der Waals surface area contributed by atoms with Gasteiger partial charge in [0.1, 0.15) is 5.82 Å². The zero-order valence-corrected chi connectivity index (χ0v) is 18.9. The molecule has 0 saturated carbocycles. The van der Waals surface area contributed by atoms with Gasteiger partial charge in [-0.3, -0.25) is 0 Å².